The number of hydrogen-bond acceptors (Lipinski definition) is 6. The Labute approximate surface area is 156 Å². The van der Waals surface area contributed by atoms with Crippen LogP contribution in [0.25, 0.3) is 11.2 Å². The molecule has 136 valence electrons. The quantitative estimate of drug-likeness (QED) is 0.716. The van der Waals surface area contributed by atoms with Gasteiger partial charge in [0.1, 0.15) is 0 Å². The number of hydrogen-bond donors (Lipinski definition) is 2. The number of rotatable bonds is 5. The number of aryl methyl sites for hydroxylation is 1. The first-order valence-electron chi connectivity index (χ1n) is 8.82. The van der Waals surface area contributed by atoms with Crippen molar-refractivity contribution < 1.29 is 5.11 Å². The van der Waals surface area contributed by atoms with E-state index < -0.39 is 0 Å². The molecule has 7 nitrogen and oxygen atoms in total. The molecule has 1 fully saturated rings. The number of fused-ring (bicyclic) bond motifs is 1. The number of benzene rings is 1. The molecule has 8 heteroatoms. The van der Waals surface area contributed by atoms with Crippen LogP contribution in [-0.4, -0.2) is 43.8 Å². The summed E-state index contributed by atoms with van der Waals surface area (Å²) >= 11 is 6.10. The molecule has 1 aliphatic rings. The Morgan fingerprint density at radius 3 is 3.00 bits per heavy atom. The standard InChI is InChI=1S/C18H21ClN6O/c1-2-24-11-20-15-16(21-13-6-3-5-12(19)9-13)22-18(23-17(15)24)25-8-4-7-14(25)10-26/h3,5-6,9,11,14,26H,2,4,7-8,10H2,1H3,(H,21,22,23)/t14-/m1/s1. The Balaban J connectivity index is 1.81. The van der Waals surface area contributed by atoms with E-state index in [2.05, 4.69) is 22.1 Å². The van der Waals surface area contributed by atoms with Gasteiger partial charge in [-0.2, -0.15) is 9.97 Å². The van der Waals surface area contributed by atoms with Gasteiger partial charge in [-0.25, -0.2) is 4.98 Å². The van der Waals surface area contributed by atoms with Gasteiger partial charge in [0, 0.05) is 23.8 Å². The highest BCUT2D eigenvalue weighted by Gasteiger charge is 2.27. The van der Waals surface area contributed by atoms with Crippen LogP contribution in [-0.2, 0) is 6.54 Å². The van der Waals surface area contributed by atoms with Crippen LogP contribution in [0, 0.1) is 0 Å². The number of anilines is 3. The first-order valence-corrected chi connectivity index (χ1v) is 9.20. The molecule has 0 bridgehead atoms. The second kappa shape index (κ2) is 7.09. The fourth-order valence-electron chi connectivity index (χ4n) is 3.37. The summed E-state index contributed by atoms with van der Waals surface area (Å²) in [6, 6.07) is 7.55. The number of nitrogens with one attached hydrogen (secondary N) is 1. The van der Waals surface area contributed by atoms with Gasteiger partial charge in [0.05, 0.1) is 19.0 Å². The van der Waals surface area contributed by atoms with Gasteiger partial charge in [-0.05, 0) is 38.0 Å². The summed E-state index contributed by atoms with van der Waals surface area (Å²) in [4.78, 5) is 16.0. The maximum absolute atomic E-state index is 9.66. The molecule has 0 spiro atoms. The summed E-state index contributed by atoms with van der Waals surface area (Å²) in [6.07, 6.45) is 3.75. The Bertz CT molecular complexity index is 927. The van der Waals surface area contributed by atoms with E-state index >= 15 is 0 Å². The molecular formula is C18H21ClN6O. The predicted molar refractivity (Wildman–Crippen MR) is 103 cm³/mol. The van der Waals surface area contributed by atoms with Crippen LogP contribution in [0.2, 0.25) is 5.02 Å². The molecule has 2 N–H and O–H groups in total. The highest BCUT2D eigenvalue weighted by molar-refractivity contribution is 6.30. The van der Waals surface area contributed by atoms with Gasteiger partial charge < -0.3 is 19.9 Å². The molecule has 3 aromatic rings. The third kappa shape index (κ3) is 3.08. The zero-order chi connectivity index (χ0) is 18.1. The van der Waals surface area contributed by atoms with E-state index in [4.69, 9.17) is 21.6 Å². The molecule has 1 aromatic carbocycles. The molecule has 0 aliphatic carbocycles. The van der Waals surface area contributed by atoms with Gasteiger partial charge in [0.25, 0.3) is 0 Å². The summed E-state index contributed by atoms with van der Waals surface area (Å²) in [5.41, 5.74) is 2.34. The lowest BCUT2D eigenvalue weighted by molar-refractivity contribution is 0.265. The minimum atomic E-state index is 0.0597. The van der Waals surface area contributed by atoms with Crippen LogP contribution in [0.15, 0.2) is 30.6 Å². The number of aliphatic hydroxyl groups is 1. The van der Waals surface area contributed by atoms with Gasteiger partial charge in [-0.15, -0.1) is 0 Å². The Kier molecular flexibility index (Phi) is 4.65. The number of halogens is 1. The van der Waals surface area contributed by atoms with Gasteiger partial charge >= 0.3 is 0 Å². The van der Waals surface area contributed by atoms with Crippen molar-refractivity contribution in [3.8, 4) is 0 Å². The molecule has 0 saturated carbocycles. The molecule has 26 heavy (non-hydrogen) atoms. The molecule has 1 aliphatic heterocycles. The lowest BCUT2D eigenvalue weighted by atomic mass is 10.2. The van der Waals surface area contributed by atoms with Gasteiger partial charge in [0.2, 0.25) is 5.95 Å². The van der Waals surface area contributed by atoms with Crippen molar-refractivity contribution in [3.05, 3.63) is 35.6 Å². The molecule has 0 radical (unpaired) electrons. The summed E-state index contributed by atoms with van der Waals surface area (Å²) in [6.45, 7) is 3.77. The van der Waals surface area contributed by atoms with Crippen molar-refractivity contribution >= 4 is 40.2 Å². The van der Waals surface area contributed by atoms with E-state index in [0.29, 0.717) is 16.8 Å². The number of imidazole rings is 1. The van der Waals surface area contributed by atoms with Crippen molar-refractivity contribution in [1.29, 1.82) is 0 Å². The van der Waals surface area contributed by atoms with E-state index in [9.17, 15) is 5.11 Å². The Hall–Kier alpha value is -2.38. The van der Waals surface area contributed by atoms with Crippen LogP contribution in [0.4, 0.5) is 17.5 Å². The molecule has 2 aromatic heterocycles. The topological polar surface area (TPSA) is 79.1 Å². The first-order chi connectivity index (χ1) is 12.7. The zero-order valence-electron chi connectivity index (χ0n) is 14.6. The van der Waals surface area contributed by atoms with E-state index in [1.54, 1.807) is 6.33 Å². The smallest absolute Gasteiger partial charge is 0.229 e. The van der Waals surface area contributed by atoms with E-state index in [0.717, 1.165) is 42.8 Å². The van der Waals surface area contributed by atoms with E-state index in [1.165, 1.54) is 0 Å². The number of nitrogens with zero attached hydrogens (tertiary/aromatic N) is 5. The molecule has 0 amide bonds. The van der Waals surface area contributed by atoms with Gasteiger partial charge in [-0.1, -0.05) is 17.7 Å². The van der Waals surface area contributed by atoms with Crippen molar-refractivity contribution in [2.75, 3.05) is 23.4 Å². The SMILES string of the molecule is CCn1cnc2c(Nc3cccc(Cl)c3)nc(N3CCC[C@@H]3CO)nc21. The normalized spacial score (nSPS) is 17.2. The van der Waals surface area contributed by atoms with Crippen molar-refractivity contribution in [1.82, 2.24) is 19.5 Å². The molecule has 0 unspecified atom stereocenters. The first kappa shape index (κ1) is 17.1. The van der Waals surface area contributed by atoms with Gasteiger partial charge in [0.15, 0.2) is 17.0 Å². The lowest BCUT2D eigenvalue weighted by Crippen LogP contribution is -2.33. The lowest BCUT2D eigenvalue weighted by Gasteiger charge is -2.23. The zero-order valence-corrected chi connectivity index (χ0v) is 15.3. The van der Waals surface area contributed by atoms with Gasteiger partial charge in [-0.3, -0.25) is 0 Å². The molecule has 4 rings (SSSR count). The third-order valence-electron chi connectivity index (χ3n) is 4.72. The van der Waals surface area contributed by atoms with Crippen molar-refractivity contribution in [2.45, 2.75) is 32.4 Å². The maximum atomic E-state index is 9.66. The third-order valence-corrected chi connectivity index (χ3v) is 4.96. The predicted octanol–water partition coefficient (Wildman–Crippen LogP) is 3.20. The summed E-state index contributed by atoms with van der Waals surface area (Å²) in [5, 5.41) is 13.6. The number of aliphatic hydroxyl groups excluding tert-OH is 1. The average Bonchev–Trinajstić information content (AvgIpc) is 3.28. The average molecular weight is 373 g/mol. The van der Waals surface area contributed by atoms with Crippen LogP contribution in [0.5, 0.6) is 0 Å². The van der Waals surface area contributed by atoms with Crippen molar-refractivity contribution in [3.63, 3.8) is 0 Å². The van der Waals surface area contributed by atoms with Crippen LogP contribution < -0.4 is 10.2 Å². The fourth-order valence-corrected chi connectivity index (χ4v) is 3.56. The maximum Gasteiger partial charge on any atom is 0.229 e. The van der Waals surface area contributed by atoms with Crippen molar-refractivity contribution in [2.24, 2.45) is 0 Å². The second-order valence-electron chi connectivity index (χ2n) is 6.38. The summed E-state index contributed by atoms with van der Waals surface area (Å²) in [5.74, 6) is 1.26. The Morgan fingerprint density at radius 2 is 2.23 bits per heavy atom. The fraction of sp³-hybridized carbons (Fsp3) is 0.389. The largest absolute Gasteiger partial charge is 0.394 e. The van der Waals surface area contributed by atoms with Crippen LogP contribution >= 0.6 is 11.6 Å². The molecule has 1 saturated heterocycles. The summed E-state index contributed by atoms with van der Waals surface area (Å²) < 4.78 is 1.99. The minimum absolute atomic E-state index is 0.0597. The van der Waals surface area contributed by atoms with Crippen LogP contribution in [0.3, 0.4) is 0 Å². The second-order valence-corrected chi connectivity index (χ2v) is 6.82. The monoisotopic (exact) mass is 372 g/mol. The summed E-state index contributed by atoms with van der Waals surface area (Å²) in [7, 11) is 0. The molecule has 1 atom stereocenters. The Morgan fingerprint density at radius 1 is 1.35 bits per heavy atom. The molecule has 3 heterocycles. The highest BCUT2D eigenvalue weighted by Crippen LogP contribution is 2.29. The molecular weight excluding hydrogens is 352 g/mol. The minimum Gasteiger partial charge on any atom is -0.394 e. The van der Waals surface area contributed by atoms with Crippen LogP contribution in [0.1, 0.15) is 19.8 Å². The van der Waals surface area contributed by atoms with E-state index in [-0.39, 0.29) is 12.6 Å². The van der Waals surface area contributed by atoms with E-state index in [1.807, 2.05) is 28.8 Å². The number of aromatic nitrogens is 4. The highest BCUT2D eigenvalue weighted by atomic mass is 35.5.